The summed E-state index contributed by atoms with van der Waals surface area (Å²) in [6, 6.07) is 6.14. The Kier molecular flexibility index (Phi) is 3.83. The van der Waals surface area contributed by atoms with Crippen molar-refractivity contribution in [1.82, 2.24) is 5.32 Å². The van der Waals surface area contributed by atoms with Crippen LogP contribution < -0.4 is 5.32 Å². The van der Waals surface area contributed by atoms with Crippen molar-refractivity contribution in [3.63, 3.8) is 0 Å². The van der Waals surface area contributed by atoms with Gasteiger partial charge in [0.2, 0.25) is 5.91 Å². The molecule has 0 radical (unpaired) electrons. The molecule has 0 fully saturated rings. The van der Waals surface area contributed by atoms with Crippen LogP contribution in [0.1, 0.15) is 26.3 Å². The van der Waals surface area contributed by atoms with Crippen molar-refractivity contribution in [2.24, 2.45) is 5.41 Å². The molecule has 0 spiro atoms. The standard InChI is InChI=1S/C12H16N2O3/c1-12(2,3)11(15)13-8-9-4-6-10(7-5-9)14(16)17/h4-7H,8H2,1-3H3,(H,13,15). The molecule has 1 rings (SSSR count). The zero-order chi connectivity index (χ0) is 13.1. The summed E-state index contributed by atoms with van der Waals surface area (Å²) >= 11 is 0. The van der Waals surface area contributed by atoms with E-state index in [0.29, 0.717) is 6.54 Å². The summed E-state index contributed by atoms with van der Waals surface area (Å²) in [5.74, 6) is -0.0455. The summed E-state index contributed by atoms with van der Waals surface area (Å²) in [5.41, 5.74) is 0.463. The van der Waals surface area contributed by atoms with E-state index >= 15 is 0 Å². The molecule has 5 heteroatoms. The van der Waals surface area contributed by atoms with E-state index in [1.54, 1.807) is 12.1 Å². The van der Waals surface area contributed by atoms with Gasteiger partial charge in [-0.3, -0.25) is 14.9 Å². The summed E-state index contributed by atoms with van der Waals surface area (Å²) in [4.78, 5) is 21.6. The molecule has 1 aromatic rings. The number of hydrogen-bond donors (Lipinski definition) is 1. The molecule has 0 unspecified atom stereocenters. The lowest BCUT2D eigenvalue weighted by Gasteiger charge is -2.17. The van der Waals surface area contributed by atoms with Gasteiger partial charge in [-0.15, -0.1) is 0 Å². The quantitative estimate of drug-likeness (QED) is 0.646. The SMILES string of the molecule is CC(C)(C)C(=O)NCc1ccc([N+](=O)[O-])cc1. The lowest BCUT2D eigenvalue weighted by atomic mass is 9.95. The fraction of sp³-hybridized carbons (Fsp3) is 0.417. The van der Waals surface area contributed by atoms with E-state index in [2.05, 4.69) is 5.32 Å². The molecule has 0 aliphatic rings. The first-order valence-corrected chi connectivity index (χ1v) is 5.32. The van der Waals surface area contributed by atoms with E-state index in [-0.39, 0.29) is 11.6 Å². The van der Waals surface area contributed by atoms with Crippen LogP contribution in [0.2, 0.25) is 0 Å². The molecule has 17 heavy (non-hydrogen) atoms. The predicted octanol–water partition coefficient (Wildman–Crippen LogP) is 2.26. The molecule has 0 atom stereocenters. The first-order valence-electron chi connectivity index (χ1n) is 5.32. The summed E-state index contributed by atoms with van der Waals surface area (Å²) in [6.07, 6.45) is 0. The van der Waals surface area contributed by atoms with E-state index < -0.39 is 10.3 Å². The monoisotopic (exact) mass is 236 g/mol. The van der Waals surface area contributed by atoms with E-state index in [0.717, 1.165) is 5.56 Å². The molecule has 0 aliphatic carbocycles. The molecule has 1 aromatic carbocycles. The van der Waals surface area contributed by atoms with Crippen LogP contribution in [0, 0.1) is 15.5 Å². The molecule has 1 N–H and O–H groups in total. The van der Waals surface area contributed by atoms with Crippen LogP contribution in [-0.4, -0.2) is 10.8 Å². The van der Waals surface area contributed by atoms with E-state index in [4.69, 9.17) is 0 Å². The number of hydrogen-bond acceptors (Lipinski definition) is 3. The van der Waals surface area contributed by atoms with Gasteiger partial charge in [0.15, 0.2) is 0 Å². The minimum atomic E-state index is -0.447. The maximum absolute atomic E-state index is 11.6. The number of non-ortho nitro benzene ring substituents is 1. The minimum absolute atomic E-state index is 0.0455. The van der Waals surface area contributed by atoms with Gasteiger partial charge in [-0.1, -0.05) is 32.9 Å². The number of nitro groups is 1. The predicted molar refractivity (Wildman–Crippen MR) is 64.4 cm³/mol. The highest BCUT2D eigenvalue weighted by Gasteiger charge is 2.20. The Hall–Kier alpha value is -1.91. The van der Waals surface area contributed by atoms with Gasteiger partial charge >= 0.3 is 0 Å². The molecule has 1 amide bonds. The van der Waals surface area contributed by atoms with Crippen molar-refractivity contribution in [3.05, 3.63) is 39.9 Å². The third-order valence-electron chi connectivity index (χ3n) is 2.28. The highest BCUT2D eigenvalue weighted by molar-refractivity contribution is 5.81. The van der Waals surface area contributed by atoms with E-state index in [1.165, 1.54) is 12.1 Å². The molecule has 92 valence electrons. The second kappa shape index (κ2) is 4.95. The van der Waals surface area contributed by atoms with Gasteiger partial charge < -0.3 is 5.32 Å². The average Bonchev–Trinajstić information content (AvgIpc) is 2.25. The van der Waals surface area contributed by atoms with Crippen molar-refractivity contribution in [2.45, 2.75) is 27.3 Å². The Morgan fingerprint density at radius 3 is 2.24 bits per heavy atom. The van der Waals surface area contributed by atoms with Gasteiger partial charge in [-0.05, 0) is 5.56 Å². The van der Waals surface area contributed by atoms with Crippen molar-refractivity contribution >= 4 is 11.6 Å². The number of carbonyl (C=O) groups is 1. The lowest BCUT2D eigenvalue weighted by molar-refractivity contribution is -0.384. The molecule has 0 aromatic heterocycles. The first-order chi connectivity index (χ1) is 7.80. The summed E-state index contributed by atoms with van der Waals surface area (Å²) in [6.45, 7) is 5.88. The van der Waals surface area contributed by atoms with Crippen molar-refractivity contribution < 1.29 is 9.72 Å². The van der Waals surface area contributed by atoms with Crippen LogP contribution in [0.3, 0.4) is 0 Å². The lowest BCUT2D eigenvalue weighted by Crippen LogP contribution is -2.34. The highest BCUT2D eigenvalue weighted by atomic mass is 16.6. The van der Waals surface area contributed by atoms with Crippen LogP contribution >= 0.6 is 0 Å². The smallest absolute Gasteiger partial charge is 0.269 e. The molecular weight excluding hydrogens is 220 g/mol. The number of amides is 1. The molecule has 0 aliphatic heterocycles. The number of rotatable bonds is 3. The Morgan fingerprint density at radius 2 is 1.82 bits per heavy atom. The third-order valence-corrected chi connectivity index (χ3v) is 2.28. The molecule has 0 saturated heterocycles. The Balaban J connectivity index is 2.59. The van der Waals surface area contributed by atoms with Crippen LogP contribution in [0.25, 0.3) is 0 Å². The van der Waals surface area contributed by atoms with Crippen LogP contribution in [-0.2, 0) is 11.3 Å². The number of nitro benzene ring substituents is 1. The average molecular weight is 236 g/mol. The molecule has 5 nitrogen and oxygen atoms in total. The van der Waals surface area contributed by atoms with Crippen molar-refractivity contribution in [3.8, 4) is 0 Å². The van der Waals surface area contributed by atoms with Crippen LogP contribution in [0.4, 0.5) is 5.69 Å². The fourth-order valence-corrected chi connectivity index (χ4v) is 1.18. The third kappa shape index (κ3) is 3.86. The number of nitrogens with zero attached hydrogens (tertiary/aromatic N) is 1. The summed E-state index contributed by atoms with van der Waals surface area (Å²) in [7, 11) is 0. The highest BCUT2D eigenvalue weighted by Crippen LogP contribution is 2.14. The Labute approximate surface area is 100.0 Å². The number of nitrogens with one attached hydrogen (secondary N) is 1. The zero-order valence-electron chi connectivity index (χ0n) is 10.2. The van der Waals surface area contributed by atoms with Crippen LogP contribution in [0.15, 0.2) is 24.3 Å². The van der Waals surface area contributed by atoms with Crippen molar-refractivity contribution in [1.29, 1.82) is 0 Å². The van der Waals surface area contributed by atoms with Gasteiger partial charge in [-0.25, -0.2) is 0 Å². The normalized spacial score (nSPS) is 11.0. The van der Waals surface area contributed by atoms with Crippen molar-refractivity contribution in [2.75, 3.05) is 0 Å². The molecule has 0 heterocycles. The van der Waals surface area contributed by atoms with Gasteiger partial charge in [-0.2, -0.15) is 0 Å². The molecule has 0 saturated carbocycles. The zero-order valence-corrected chi connectivity index (χ0v) is 10.2. The second-order valence-corrected chi connectivity index (χ2v) is 4.86. The minimum Gasteiger partial charge on any atom is -0.352 e. The first kappa shape index (κ1) is 13.2. The Morgan fingerprint density at radius 1 is 1.29 bits per heavy atom. The summed E-state index contributed by atoms with van der Waals surface area (Å²) in [5, 5.41) is 13.2. The van der Waals surface area contributed by atoms with Gasteiger partial charge in [0.1, 0.15) is 0 Å². The van der Waals surface area contributed by atoms with Crippen LogP contribution in [0.5, 0.6) is 0 Å². The molecular formula is C12H16N2O3. The van der Waals surface area contributed by atoms with E-state index in [9.17, 15) is 14.9 Å². The largest absolute Gasteiger partial charge is 0.352 e. The summed E-state index contributed by atoms with van der Waals surface area (Å²) < 4.78 is 0. The fourth-order valence-electron chi connectivity index (χ4n) is 1.18. The maximum atomic E-state index is 11.6. The number of benzene rings is 1. The van der Waals surface area contributed by atoms with E-state index in [1.807, 2.05) is 20.8 Å². The van der Waals surface area contributed by atoms with Gasteiger partial charge in [0, 0.05) is 24.1 Å². The second-order valence-electron chi connectivity index (χ2n) is 4.86. The number of carbonyl (C=O) groups excluding carboxylic acids is 1. The maximum Gasteiger partial charge on any atom is 0.269 e. The molecule has 0 bridgehead atoms. The van der Waals surface area contributed by atoms with Gasteiger partial charge in [0.05, 0.1) is 4.92 Å². The van der Waals surface area contributed by atoms with Gasteiger partial charge in [0.25, 0.3) is 5.69 Å². The topological polar surface area (TPSA) is 72.2 Å². The Bertz CT molecular complexity index is 418.